The van der Waals surface area contributed by atoms with Crippen molar-refractivity contribution in [2.45, 2.75) is 6.92 Å². The molecule has 0 aliphatic heterocycles. The lowest BCUT2D eigenvalue weighted by Crippen LogP contribution is -2.13. The number of halogens is 1. The van der Waals surface area contributed by atoms with Crippen molar-refractivity contribution in [1.29, 1.82) is 5.26 Å². The van der Waals surface area contributed by atoms with Crippen LogP contribution in [-0.2, 0) is 4.79 Å². The second kappa shape index (κ2) is 8.70. The molecule has 1 amide bonds. The van der Waals surface area contributed by atoms with Gasteiger partial charge in [-0.1, -0.05) is 35.9 Å². The number of thiazole rings is 1. The van der Waals surface area contributed by atoms with Crippen LogP contribution in [0.25, 0.3) is 17.3 Å². The van der Waals surface area contributed by atoms with Crippen LogP contribution in [0.4, 0.5) is 5.13 Å². The smallest absolute Gasteiger partial charge is 0.268 e. The van der Waals surface area contributed by atoms with E-state index in [0.29, 0.717) is 15.9 Å². The number of methoxy groups -OCH3 is 1. The monoisotopic (exact) mass is 409 g/mol. The Hall–Kier alpha value is -3.14. The molecule has 0 radical (unpaired) electrons. The van der Waals surface area contributed by atoms with Crippen molar-refractivity contribution < 1.29 is 9.53 Å². The molecular formula is C21H16ClN3O2S. The summed E-state index contributed by atoms with van der Waals surface area (Å²) in [5.41, 5.74) is 2.33. The fraction of sp³-hybridized carbons (Fsp3) is 0.0952. The van der Waals surface area contributed by atoms with Gasteiger partial charge in [0.2, 0.25) is 0 Å². The average molecular weight is 410 g/mol. The van der Waals surface area contributed by atoms with Crippen LogP contribution in [0.2, 0.25) is 5.02 Å². The number of nitriles is 1. The number of carbonyl (C=O) groups excluding carboxylic acids is 1. The third-order valence-electron chi connectivity index (χ3n) is 3.91. The van der Waals surface area contributed by atoms with E-state index in [1.807, 2.05) is 31.2 Å². The summed E-state index contributed by atoms with van der Waals surface area (Å²) in [6, 6.07) is 16.4. The summed E-state index contributed by atoms with van der Waals surface area (Å²) >= 11 is 7.39. The van der Waals surface area contributed by atoms with Crippen molar-refractivity contribution in [3.05, 3.63) is 69.6 Å². The first-order valence-electron chi connectivity index (χ1n) is 8.30. The molecule has 1 aromatic heterocycles. The van der Waals surface area contributed by atoms with E-state index < -0.39 is 5.91 Å². The van der Waals surface area contributed by atoms with E-state index in [1.165, 1.54) is 17.4 Å². The van der Waals surface area contributed by atoms with Gasteiger partial charge in [0.05, 0.1) is 12.8 Å². The highest BCUT2D eigenvalue weighted by molar-refractivity contribution is 7.16. The SMILES string of the molecule is COc1ccc(/C=C(\C#N)C(=O)Nc2nc(-c3cccc(Cl)c3)c(C)s2)cc1. The van der Waals surface area contributed by atoms with Crippen LogP contribution in [0.1, 0.15) is 10.4 Å². The van der Waals surface area contributed by atoms with Crippen molar-refractivity contribution in [3.63, 3.8) is 0 Å². The third-order valence-corrected chi connectivity index (χ3v) is 5.03. The van der Waals surface area contributed by atoms with Gasteiger partial charge in [-0.3, -0.25) is 10.1 Å². The zero-order chi connectivity index (χ0) is 20.1. The van der Waals surface area contributed by atoms with Gasteiger partial charge >= 0.3 is 0 Å². The molecule has 1 N–H and O–H groups in total. The Morgan fingerprint density at radius 1 is 1.29 bits per heavy atom. The predicted octanol–water partition coefficient (Wildman–Crippen LogP) is 5.33. The highest BCUT2D eigenvalue weighted by Crippen LogP contribution is 2.31. The number of aryl methyl sites for hydroxylation is 1. The Labute approximate surface area is 171 Å². The maximum Gasteiger partial charge on any atom is 0.268 e. The van der Waals surface area contributed by atoms with E-state index in [0.717, 1.165) is 21.7 Å². The minimum atomic E-state index is -0.510. The fourth-order valence-electron chi connectivity index (χ4n) is 2.53. The fourth-order valence-corrected chi connectivity index (χ4v) is 3.55. The van der Waals surface area contributed by atoms with Crippen LogP contribution in [-0.4, -0.2) is 18.0 Å². The molecule has 0 atom stereocenters. The molecule has 140 valence electrons. The molecule has 7 heteroatoms. The number of anilines is 1. The Morgan fingerprint density at radius 3 is 2.68 bits per heavy atom. The predicted molar refractivity (Wildman–Crippen MR) is 113 cm³/mol. The number of benzene rings is 2. The molecule has 0 aliphatic rings. The van der Waals surface area contributed by atoms with E-state index >= 15 is 0 Å². The van der Waals surface area contributed by atoms with Gasteiger partial charge in [-0.05, 0) is 42.8 Å². The third kappa shape index (κ3) is 4.58. The van der Waals surface area contributed by atoms with Crippen molar-refractivity contribution in [2.75, 3.05) is 12.4 Å². The maximum atomic E-state index is 12.5. The molecule has 5 nitrogen and oxygen atoms in total. The first-order valence-corrected chi connectivity index (χ1v) is 9.50. The molecule has 1 heterocycles. The lowest BCUT2D eigenvalue weighted by atomic mass is 10.1. The van der Waals surface area contributed by atoms with Gasteiger partial charge in [-0.25, -0.2) is 4.98 Å². The number of amides is 1. The number of hydrogen-bond acceptors (Lipinski definition) is 5. The van der Waals surface area contributed by atoms with E-state index in [9.17, 15) is 10.1 Å². The van der Waals surface area contributed by atoms with Crippen LogP contribution in [0.15, 0.2) is 54.1 Å². The summed E-state index contributed by atoms with van der Waals surface area (Å²) in [5.74, 6) is 0.191. The molecular weight excluding hydrogens is 394 g/mol. The van der Waals surface area contributed by atoms with Crippen LogP contribution in [0.5, 0.6) is 5.75 Å². The Kier molecular flexibility index (Phi) is 6.09. The zero-order valence-electron chi connectivity index (χ0n) is 15.2. The van der Waals surface area contributed by atoms with Crippen molar-refractivity contribution in [2.24, 2.45) is 0 Å². The van der Waals surface area contributed by atoms with E-state index in [4.69, 9.17) is 16.3 Å². The Morgan fingerprint density at radius 2 is 2.04 bits per heavy atom. The van der Waals surface area contributed by atoms with Gasteiger partial charge in [0, 0.05) is 15.5 Å². The summed E-state index contributed by atoms with van der Waals surface area (Å²) in [6.45, 7) is 1.92. The summed E-state index contributed by atoms with van der Waals surface area (Å²) in [7, 11) is 1.58. The number of rotatable bonds is 5. The van der Waals surface area contributed by atoms with E-state index in [2.05, 4.69) is 10.3 Å². The summed E-state index contributed by atoms with van der Waals surface area (Å²) in [4.78, 5) is 17.9. The van der Waals surface area contributed by atoms with Crippen LogP contribution < -0.4 is 10.1 Å². The lowest BCUT2D eigenvalue weighted by molar-refractivity contribution is -0.112. The van der Waals surface area contributed by atoms with Crippen LogP contribution in [0.3, 0.4) is 0 Å². The molecule has 28 heavy (non-hydrogen) atoms. The van der Waals surface area contributed by atoms with E-state index in [1.54, 1.807) is 37.4 Å². The van der Waals surface area contributed by atoms with Crippen LogP contribution >= 0.6 is 22.9 Å². The van der Waals surface area contributed by atoms with Gasteiger partial charge in [-0.15, -0.1) is 11.3 Å². The molecule has 2 aromatic carbocycles. The molecule has 0 saturated carbocycles. The quantitative estimate of drug-likeness (QED) is 0.456. The van der Waals surface area contributed by atoms with Crippen LogP contribution in [0, 0.1) is 18.3 Å². The number of carbonyl (C=O) groups is 1. The normalized spacial score (nSPS) is 11.0. The molecule has 3 aromatic rings. The highest BCUT2D eigenvalue weighted by atomic mass is 35.5. The molecule has 3 rings (SSSR count). The maximum absolute atomic E-state index is 12.5. The standard InChI is InChI=1S/C21H16ClN3O2S/c1-13-19(15-4-3-5-17(22)11-15)24-21(28-13)25-20(26)16(12-23)10-14-6-8-18(27-2)9-7-14/h3-11H,1-2H3,(H,24,25,26)/b16-10+. The summed E-state index contributed by atoms with van der Waals surface area (Å²) < 4.78 is 5.10. The van der Waals surface area contributed by atoms with Gasteiger partial charge in [0.1, 0.15) is 17.4 Å². The molecule has 0 unspecified atom stereocenters. The molecule has 0 bridgehead atoms. The molecule has 0 saturated heterocycles. The highest BCUT2D eigenvalue weighted by Gasteiger charge is 2.15. The van der Waals surface area contributed by atoms with Crippen molar-refractivity contribution in [3.8, 4) is 23.1 Å². The van der Waals surface area contributed by atoms with Crippen molar-refractivity contribution >= 4 is 40.1 Å². The number of nitrogens with zero attached hydrogens (tertiary/aromatic N) is 2. The average Bonchev–Trinajstić information content (AvgIpc) is 3.06. The molecule has 0 spiro atoms. The van der Waals surface area contributed by atoms with E-state index in [-0.39, 0.29) is 5.57 Å². The Bertz CT molecular complexity index is 1080. The molecule has 0 aliphatic carbocycles. The number of nitrogens with one attached hydrogen (secondary N) is 1. The van der Waals surface area contributed by atoms with Gasteiger partial charge in [-0.2, -0.15) is 5.26 Å². The number of hydrogen-bond donors (Lipinski definition) is 1. The second-order valence-corrected chi connectivity index (χ2v) is 7.47. The lowest BCUT2D eigenvalue weighted by Gasteiger charge is -2.02. The summed E-state index contributed by atoms with van der Waals surface area (Å²) in [5, 5.41) is 13.1. The molecule has 0 fully saturated rings. The minimum Gasteiger partial charge on any atom is -0.497 e. The number of ether oxygens (including phenoxy) is 1. The topological polar surface area (TPSA) is 75.0 Å². The zero-order valence-corrected chi connectivity index (χ0v) is 16.8. The van der Waals surface area contributed by atoms with Gasteiger partial charge < -0.3 is 4.74 Å². The minimum absolute atomic E-state index is 0.0117. The second-order valence-electron chi connectivity index (χ2n) is 5.83. The van der Waals surface area contributed by atoms with Crippen molar-refractivity contribution in [1.82, 2.24) is 4.98 Å². The largest absolute Gasteiger partial charge is 0.497 e. The first kappa shape index (κ1) is 19.6. The Balaban J connectivity index is 1.80. The van der Waals surface area contributed by atoms with Gasteiger partial charge in [0.25, 0.3) is 5.91 Å². The number of aromatic nitrogens is 1. The van der Waals surface area contributed by atoms with Gasteiger partial charge in [0.15, 0.2) is 5.13 Å². The summed E-state index contributed by atoms with van der Waals surface area (Å²) in [6.07, 6.45) is 1.52. The first-order chi connectivity index (χ1) is 13.5.